The standard InChI is InChI=1S/C7H12N4O3/c8-5(11-14)3-9-4-1-2-6(12)10-7(4)13/h4,9,14H,1-3H2,(H2,8,11)(H,10,12,13). The maximum absolute atomic E-state index is 11.2. The molecule has 5 N–H and O–H groups in total. The Labute approximate surface area is 80.3 Å². The minimum absolute atomic E-state index is 0.00491. The van der Waals surface area contributed by atoms with E-state index in [4.69, 9.17) is 10.9 Å². The third kappa shape index (κ3) is 2.70. The molecule has 0 aliphatic carbocycles. The first-order valence-corrected chi connectivity index (χ1v) is 4.17. The van der Waals surface area contributed by atoms with E-state index in [0.29, 0.717) is 12.8 Å². The van der Waals surface area contributed by atoms with Gasteiger partial charge < -0.3 is 10.9 Å². The molecule has 0 spiro atoms. The zero-order valence-electron chi connectivity index (χ0n) is 7.49. The van der Waals surface area contributed by atoms with Crippen molar-refractivity contribution in [2.45, 2.75) is 18.9 Å². The molecule has 0 radical (unpaired) electrons. The van der Waals surface area contributed by atoms with Gasteiger partial charge in [0, 0.05) is 6.42 Å². The van der Waals surface area contributed by atoms with Crippen LogP contribution in [0, 0.1) is 0 Å². The number of rotatable bonds is 3. The molecule has 1 fully saturated rings. The first kappa shape index (κ1) is 10.5. The number of amidine groups is 1. The summed E-state index contributed by atoms with van der Waals surface area (Å²) in [6, 6.07) is -0.451. The summed E-state index contributed by atoms with van der Waals surface area (Å²) in [6.07, 6.45) is 0.739. The van der Waals surface area contributed by atoms with E-state index in [-0.39, 0.29) is 24.2 Å². The minimum atomic E-state index is -0.451. The molecule has 1 saturated heterocycles. The lowest BCUT2D eigenvalue weighted by molar-refractivity contribution is -0.134. The Morgan fingerprint density at radius 2 is 2.43 bits per heavy atom. The van der Waals surface area contributed by atoms with E-state index in [1.165, 1.54) is 0 Å². The summed E-state index contributed by atoms with van der Waals surface area (Å²) in [5.74, 6) is -0.640. The van der Waals surface area contributed by atoms with Crippen LogP contribution in [0.25, 0.3) is 0 Å². The molecular formula is C7H12N4O3. The number of hydrogen-bond acceptors (Lipinski definition) is 5. The summed E-state index contributed by atoms with van der Waals surface area (Å²) < 4.78 is 0. The van der Waals surface area contributed by atoms with Crippen LogP contribution in [0.5, 0.6) is 0 Å². The van der Waals surface area contributed by atoms with Crippen molar-refractivity contribution in [2.24, 2.45) is 10.9 Å². The van der Waals surface area contributed by atoms with Crippen molar-refractivity contribution in [3.8, 4) is 0 Å². The van der Waals surface area contributed by atoms with Gasteiger partial charge in [0.05, 0.1) is 12.6 Å². The molecular weight excluding hydrogens is 188 g/mol. The van der Waals surface area contributed by atoms with Gasteiger partial charge in [0.15, 0.2) is 5.84 Å². The average molecular weight is 200 g/mol. The molecule has 7 nitrogen and oxygen atoms in total. The van der Waals surface area contributed by atoms with Crippen molar-refractivity contribution in [3.05, 3.63) is 0 Å². The molecule has 0 aromatic rings. The number of nitrogens with zero attached hydrogens (tertiary/aromatic N) is 1. The molecule has 1 heterocycles. The molecule has 0 aromatic carbocycles. The predicted octanol–water partition coefficient (Wildman–Crippen LogP) is -1.87. The first-order chi connectivity index (χ1) is 6.63. The smallest absolute Gasteiger partial charge is 0.243 e. The summed E-state index contributed by atoms with van der Waals surface area (Å²) in [5.41, 5.74) is 5.20. The Bertz CT molecular complexity index is 276. The lowest BCUT2D eigenvalue weighted by atomic mass is 10.1. The second-order valence-corrected chi connectivity index (χ2v) is 2.98. The monoisotopic (exact) mass is 200 g/mol. The fourth-order valence-corrected chi connectivity index (χ4v) is 1.15. The molecule has 1 atom stereocenters. The number of hydrogen-bond donors (Lipinski definition) is 4. The molecule has 0 saturated carbocycles. The Morgan fingerprint density at radius 1 is 1.71 bits per heavy atom. The second kappa shape index (κ2) is 4.56. The van der Waals surface area contributed by atoms with Crippen molar-refractivity contribution in [1.82, 2.24) is 10.6 Å². The van der Waals surface area contributed by atoms with Gasteiger partial charge in [-0.2, -0.15) is 0 Å². The highest BCUT2D eigenvalue weighted by Crippen LogP contribution is 2.03. The van der Waals surface area contributed by atoms with Gasteiger partial charge in [0.2, 0.25) is 11.8 Å². The lowest BCUT2D eigenvalue weighted by Gasteiger charge is -2.21. The van der Waals surface area contributed by atoms with Gasteiger partial charge in [0.25, 0.3) is 0 Å². The van der Waals surface area contributed by atoms with Crippen LogP contribution >= 0.6 is 0 Å². The molecule has 1 unspecified atom stereocenters. The van der Waals surface area contributed by atoms with Gasteiger partial charge in [-0.3, -0.25) is 20.2 Å². The molecule has 1 aliphatic heterocycles. The van der Waals surface area contributed by atoms with E-state index in [1.807, 2.05) is 0 Å². The number of nitrogens with two attached hydrogens (primary N) is 1. The Hall–Kier alpha value is -1.63. The largest absolute Gasteiger partial charge is 0.409 e. The number of piperidine rings is 1. The predicted molar refractivity (Wildman–Crippen MR) is 47.6 cm³/mol. The van der Waals surface area contributed by atoms with Gasteiger partial charge in [0.1, 0.15) is 0 Å². The van der Waals surface area contributed by atoms with Crippen LogP contribution in [0.2, 0.25) is 0 Å². The number of oxime groups is 1. The maximum atomic E-state index is 11.2. The number of carbonyl (C=O) groups excluding carboxylic acids is 2. The second-order valence-electron chi connectivity index (χ2n) is 2.98. The van der Waals surface area contributed by atoms with Crippen LogP contribution in [0.3, 0.4) is 0 Å². The molecule has 1 aliphatic rings. The molecule has 1 rings (SSSR count). The van der Waals surface area contributed by atoms with Gasteiger partial charge >= 0.3 is 0 Å². The van der Waals surface area contributed by atoms with Gasteiger partial charge in [-0.25, -0.2) is 0 Å². The SMILES string of the molecule is N/C(CNC1CCC(=O)NC1=O)=N\O. The summed E-state index contributed by atoms with van der Waals surface area (Å²) in [6.45, 7) is 0.114. The molecule has 7 heteroatoms. The van der Waals surface area contributed by atoms with Crippen molar-refractivity contribution < 1.29 is 14.8 Å². The molecule has 2 amide bonds. The number of imide groups is 1. The number of nitrogens with one attached hydrogen (secondary N) is 2. The van der Waals surface area contributed by atoms with Crippen molar-refractivity contribution in [3.63, 3.8) is 0 Å². The number of carbonyl (C=O) groups is 2. The van der Waals surface area contributed by atoms with E-state index < -0.39 is 6.04 Å². The average Bonchev–Trinajstić information content (AvgIpc) is 2.16. The lowest BCUT2D eigenvalue weighted by Crippen LogP contribution is -2.52. The number of amides is 2. The van der Waals surface area contributed by atoms with E-state index in [1.54, 1.807) is 0 Å². The molecule has 0 bridgehead atoms. The highest BCUT2D eigenvalue weighted by atomic mass is 16.4. The third-order valence-corrected chi connectivity index (χ3v) is 1.90. The Kier molecular flexibility index (Phi) is 3.41. The van der Waals surface area contributed by atoms with Crippen LogP contribution in [0.15, 0.2) is 5.16 Å². The first-order valence-electron chi connectivity index (χ1n) is 4.17. The van der Waals surface area contributed by atoms with Gasteiger partial charge in [-0.1, -0.05) is 5.16 Å². The summed E-state index contributed by atoms with van der Waals surface area (Å²) in [7, 11) is 0. The highest BCUT2D eigenvalue weighted by Gasteiger charge is 2.25. The van der Waals surface area contributed by atoms with Crippen LogP contribution in [0.4, 0.5) is 0 Å². The van der Waals surface area contributed by atoms with Crippen LogP contribution in [0.1, 0.15) is 12.8 Å². The fraction of sp³-hybridized carbons (Fsp3) is 0.571. The van der Waals surface area contributed by atoms with Crippen molar-refractivity contribution in [2.75, 3.05) is 6.54 Å². The summed E-state index contributed by atoms with van der Waals surface area (Å²) >= 11 is 0. The fourth-order valence-electron chi connectivity index (χ4n) is 1.15. The Balaban J connectivity index is 2.38. The molecule has 78 valence electrons. The normalized spacial score (nSPS) is 23.4. The van der Waals surface area contributed by atoms with Crippen LogP contribution in [-0.4, -0.2) is 35.4 Å². The minimum Gasteiger partial charge on any atom is -0.409 e. The maximum Gasteiger partial charge on any atom is 0.243 e. The topological polar surface area (TPSA) is 117 Å². The van der Waals surface area contributed by atoms with Crippen molar-refractivity contribution >= 4 is 17.6 Å². The highest BCUT2D eigenvalue weighted by molar-refractivity contribution is 6.00. The van der Waals surface area contributed by atoms with Crippen LogP contribution < -0.4 is 16.4 Å². The third-order valence-electron chi connectivity index (χ3n) is 1.90. The van der Waals surface area contributed by atoms with Crippen molar-refractivity contribution in [1.29, 1.82) is 0 Å². The van der Waals surface area contributed by atoms with E-state index >= 15 is 0 Å². The zero-order chi connectivity index (χ0) is 10.6. The summed E-state index contributed by atoms with van der Waals surface area (Å²) in [4.78, 5) is 21.9. The Morgan fingerprint density at radius 3 is 3.00 bits per heavy atom. The van der Waals surface area contributed by atoms with Gasteiger partial charge in [-0.15, -0.1) is 0 Å². The van der Waals surface area contributed by atoms with E-state index in [0.717, 1.165) is 0 Å². The van der Waals surface area contributed by atoms with E-state index in [9.17, 15) is 9.59 Å². The quantitative estimate of drug-likeness (QED) is 0.140. The molecule has 0 aromatic heterocycles. The van der Waals surface area contributed by atoms with Gasteiger partial charge in [-0.05, 0) is 6.42 Å². The molecule has 14 heavy (non-hydrogen) atoms. The zero-order valence-corrected chi connectivity index (χ0v) is 7.49. The van der Waals surface area contributed by atoms with E-state index in [2.05, 4.69) is 15.8 Å². The summed E-state index contributed by atoms with van der Waals surface area (Å²) in [5, 5.41) is 15.9. The van der Waals surface area contributed by atoms with Crippen LogP contribution in [-0.2, 0) is 9.59 Å².